The van der Waals surface area contributed by atoms with Crippen LogP contribution in [0, 0.1) is 6.92 Å². The molecule has 3 N–H and O–H groups in total. The molecule has 2 saturated heterocycles. The monoisotopic (exact) mass is 344 g/mol. The fourth-order valence-corrected chi connectivity index (χ4v) is 3.23. The maximum Gasteiger partial charge on any atom is 0.316 e. The molecular weight excluding hydrogens is 320 g/mol. The zero-order chi connectivity index (χ0) is 17.8. The van der Waals surface area contributed by atoms with E-state index in [-0.39, 0.29) is 11.8 Å². The average molecular weight is 344 g/mol. The zero-order valence-electron chi connectivity index (χ0n) is 14.4. The molecule has 0 bridgehead atoms. The predicted octanol–water partition coefficient (Wildman–Crippen LogP) is 1.07. The Morgan fingerprint density at radius 3 is 2.56 bits per heavy atom. The van der Waals surface area contributed by atoms with Crippen molar-refractivity contribution in [2.75, 3.05) is 18.0 Å². The number of amides is 4. The van der Waals surface area contributed by atoms with Crippen LogP contribution < -0.4 is 20.9 Å². The van der Waals surface area contributed by atoms with Crippen LogP contribution in [0.2, 0.25) is 0 Å². The van der Waals surface area contributed by atoms with Gasteiger partial charge in [-0.1, -0.05) is 17.7 Å². The van der Waals surface area contributed by atoms with Crippen LogP contribution in [0.5, 0.6) is 0 Å². The van der Waals surface area contributed by atoms with Crippen LogP contribution >= 0.6 is 0 Å². The lowest BCUT2D eigenvalue weighted by atomic mass is 10.1. The molecule has 7 heteroatoms. The number of urea groups is 1. The first-order valence-electron chi connectivity index (χ1n) is 8.77. The Balaban J connectivity index is 1.56. The van der Waals surface area contributed by atoms with Crippen molar-refractivity contribution in [1.29, 1.82) is 0 Å². The van der Waals surface area contributed by atoms with Crippen molar-refractivity contribution >= 4 is 23.5 Å². The van der Waals surface area contributed by atoms with E-state index in [9.17, 15) is 14.4 Å². The second-order valence-corrected chi connectivity index (χ2v) is 6.62. The van der Waals surface area contributed by atoms with Crippen LogP contribution in [0.15, 0.2) is 24.3 Å². The van der Waals surface area contributed by atoms with Gasteiger partial charge in [-0.3, -0.25) is 9.59 Å². The molecule has 1 aromatic rings. The lowest BCUT2D eigenvalue weighted by Gasteiger charge is -2.19. The minimum atomic E-state index is -0.560. The highest BCUT2D eigenvalue weighted by atomic mass is 16.2. The quantitative estimate of drug-likeness (QED) is 0.766. The molecule has 7 nitrogen and oxygen atoms in total. The van der Waals surface area contributed by atoms with E-state index in [1.165, 1.54) is 0 Å². The Kier molecular flexibility index (Phi) is 5.21. The molecule has 0 aliphatic carbocycles. The van der Waals surface area contributed by atoms with Crippen molar-refractivity contribution < 1.29 is 14.4 Å². The van der Waals surface area contributed by atoms with E-state index in [1.54, 1.807) is 4.90 Å². The number of rotatable bonds is 3. The van der Waals surface area contributed by atoms with Gasteiger partial charge in [-0.2, -0.15) is 0 Å². The second kappa shape index (κ2) is 7.55. The first-order valence-corrected chi connectivity index (χ1v) is 8.77. The smallest absolute Gasteiger partial charge is 0.316 e. The van der Waals surface area contributed by atoms with Crippen molar-refractivity contribution in [2.24, 2.45) is 0 Å². The first kappa shape index (κ1) is 17.3. The van der Waals surface area contributed by atoms with Crippen LogP contribution in [0.3, 0.4) is 0 Å². The van der Waals surface area contributed by atoms with E-state index in [0.29, 0.717) is 25.9 Å². The Bertz CT molecular complexity index is 659. The van der Waals surface area contributed by atoms with E-state index in [2.05, 4.69) is 16.0 Å². The van der Waals surface area contributed by atoms with Gasteiger partial charge in [0.2, 0.25) is 11.8 Å². The summed E-state index contributed by atoms with van der Waals surface area (Å²) in [4.78, 5) is 38.3. The fourth-order valence-electron chi connectivity index (χ4n) is 3.23. The van der Waals surface area contributed by atoms with Gasteiger partial charge in [0.25, 0.3) is 0 Å². The largest absolute Gasteiger partial charge is 0.354 e. The molecule has 0 saturated carbocycles. The van der Waals surface area contributed by atoms with Crippen LogP contribution in [0.1, 0.15) is 31.2 Å². The van der Waals surface area contributed by atoms with Crippen LogP contribution in [0.25, 0.3) is 0 Å². The third kappa shape index (κ3) is 4.10. The number of benzene rings is 1. The molecule has 2 aliphatic heterocycles. The summed E-state index contributed by atoms with van der Waals surface area (Å²) in [5, 5.41) is 8.17. The third-order valence-electron chi connectivity index (χ3n) is 4.70. The Labute approximate surface area is 147 Å². The van der Waals surface area contributed by atoms with Gasteiger partial charge in [0, 0.05) is 18.8 Å². The van der Waals surface area contributed by atoms with Gasteiger partial charge in [0.05, 0.1) is 0 Å². The summed E-state index contributed by atoms with van der Waals surface area (Å²) in [5.41, 5.74) is 1.97. The first-order chi connectivity index (χ1) is 12.0. The predicted molar refractivity (Wildman–Crippen MR) is 94.3 cm³/mol. The highest BCUT2D eigenvalue weighted by Crippen LogP contribution is 2.22. The minimum absolute atomic E-state index is 0.121. The molecule has 1 aromatic carbocycles. The van der Waals surface area contributed by atoms with E-state index >= 15 is 0 Å². The molecule has 0 aromatic heterocycles. The van der Waals surface area contributed by atoms with Gasteiger partial charge >= 0.3 is 6.03 Å². The molecule has 25 heavy (non-hydrogen) atoms. The third-order valence-corrected chi connectivity index (χ3v) is 4.70. The highest BCUT2D eigenvalue weighted by Gasteiger charge is 2.34. The second-order valence-electron chi connectivity index (χ2n) is 6.62. The zero-order valence-corrected chi connectivity index (χ0v) is 14.4. The summed E-state index contributed by atoms with van der Waals surface area (Å²) in [6.07, 6.45) is 2.97. The molecule has 2 unspecified atom stereocenters. The van der Waals surface area contributed by atoms with Gasteiger partial charge in [0.1, 0.15) is 12.1 Å². The Morgan fingerprint density at radius 2 is 1.80 bits per heavy atom. The number of nitrogens with one attached hydrogen (secondary N) is 3. The lowest BCUT2D eigenvalue weighted by Crippen LogP contribution is -2.52. The van der Waals surface area contributed by atoms with E-state index in [0.717, 1.165) is 24.1 Å². The molecule has 4 amide bonds. The molecule has 2 atom stereocenters. The van der Waals surface area contributed by atoms with Crippen LogP contribution in [-0.4, -0.2) is 43.0 Å². The molecule has 2 fully saturated rings. The number of carbonyl (C=O) groups is 3. The molecule has 3 rings (SSSR count). The standard InChI is InChI=1S/C18H24N4O3/c1-12-5-7-13(8-6-12)22-11-9-15(17(22)24)21-18(25)20-14-4-2-3-10-19-16(14)23/h5-8,14-15H,2-4,9-11H2,1H3,(H,19,23)(H2,20,21,25). The maximum absolute atomic E-state index is 12.5. The van der Waals surface area contributed by atoms with Crippen molar-refractivity contribution in [3.8, 4) is 0 Å². The average Bonchev–Trinajstić information content (AvgIpc) is 2.82. The summed E-state index contributed by atoms with van der Waals surface area (Å²) in [6, 6.07) is 6.17. The summed E-state index contributed by atoms with van der Waals surface area (Å²) in [7, 11) is 0. The van der Waals surface area contributed by atoms with Gasteiger partial charge < -0.3 is 20.9 Å². The number of aryl methyl sites for hydroxylation is 1. The van der Waals surface area contributed by atoms with Crippen molar-refractivity contribution in [3.05, 3.63) is 29.8 Å². The van der Waals surface area contributed by atoms with E-state index in [1.807, 2.05) is 31.2 Å². The SMILES string of the molecule is Cc1ccc(N2CCC(NC(=O)NC3CCCCNC3=O)C2=O)cc1. The van der Waals surface area contributed by atoms with E-state index < -0.39 is 18.1 Å². The summed E-state index contributed by atoms with van der Waals surface area (Å²) in [6.45, 7) is 3.20. The molecule has 0 radical (unpaired) electrons. The van der Waals surface area contributed by atoms with Gasteiger partial charge in [-0.15, -0.1) is 0 Å². The topological polar surface area (TPSA) is 90.5 Å². The molecule has 2 aliphatic rings. The molecule has 134 valence electrons. The van der Waals surface area contributed by atoms with E-state index in [4.69, 9.17) is 0 Å². The summed E-state index contributed by atoms with van der Waals surface area (Å²) in [5.74, 6) is -0.281. The number of hydrogen-bond acceptors (Lipinski definition) is 3. The molecule has 2 heterocycles. The number of hydrogen-bond donors (Lipinski definition) is 3. The fraction of sp³-hybridized carbons (Fsp3) is 0.500. The van der Waals surface area contributed by atoms with Gasteiger partial charge in [-0.05, 0) is 44.7 Å². The Hall–Kier alpha value is -2.57. The van der Waals surface area contributed by atoms with Crippen molar-refractivity contribution in [2.45, 2.75) is 44.7 Å². The molecular formula is C18H24N4O3. The Morgan fingerprint density at radius 1 is 1.08 bits per heavy atom. The summed E-state index contributed by atoms with van der Waals surface area (Å²) >= 11 is 0. The van der Waals surface area contributed by atoms with Crippen molar-refractivity contribution in [3.63, 3.8) is 0 Å². The highest BCUT2D eigenvalue weighted by molar-refractivity contribution is 6.01. The number of carbonyl (C=O) groups excluding carboxylic acids is 3. The maximum atomic E-state index is 12.5. The number of anilines is 1. The van der Waals surface area contributed by atoms with Crippen LogP contribution in [0.4, 0.5) is 10.5 Å². The van der Waals surface area contributed by atoms with Gasteiger partial charge in [0.15, 0.2) is 0 Å². The summed E-state index contributed by atoms with van der Waals surface area (Å²) < 4.78 is 0. The minimum Gasteiger partial charge on any atom is -0.354 e. The number of nitrogens with zero attached hydrogens (tertiary/aromatic N) is 1. The van der Waals surface area contributed by atoms with Crippen molar-refractivity contribution in [1.82, 2.24) is 16.0 Å². The lowest BCUT2D eigenvalue weighted by molar-refractivity contribution is -0.122. The normalized spacial score (nSPS) is 23.8. The van der Waals surface area contributed by atoms with Gasteiger partial charge in [-0.25, -0.2) is 4.79 Å². The van der Waals surface area contributed by atoms with Crippen LogP contribution in [-0.2, 0) is 9.59 Å². The molecule has 0 spiro atoms.